The van der Waals surface area contributed by atoms with Gasteiger partial charge in [0, 0.05) is 24.4 Å². The highest BCUT2D eigenvalue weighted by atomic mass is 32.2. The third-order valence-corrected chi connectivity index (χ3v) is 5.71. The lowest BCUT2D eigenvalue weighted by Crippen LogP contribution is -2.14. The Labute approximate surface area is 193 Å². The van der Waals surface area contributed by atoms with Crippen molar-refractivity contribution in [2.75, 3.05) is 5.32 Å². The zero-order valence-corrected chi connectivity index (χ0v) is 18.0. The van der Waals surface area contributed by atoms with Crippen molar-refractivity contribution in [2.24, 2.45) is 7.05 Å². The predicted octanol–water partition coefficient (Wildman–Crippen LogP) is 4.33. The molecule has 2 heterocycles. The first-order chi connectivity index (χ1) is 16.1. The average Bonchev–Trinajstić information content (AvgIpc) is 3.44. The molecule has 0 spiro atoms. The van der Waals surface area contributed by atoms with Crippen LogP contribution in [0.25, 0.3) is 5.69 Å². The highest BCUT2D eigenvalue weighted by Gasteiger charge is 2.35. The van der Waals surface area contributed by atoms with E-state index in [2.05, 4.69) is 20.6 Å². The second kappa shape index (κ2) is 8.97. The molecule has 10 nitrogen and oxygen atoms in total. The standard InChI is InChI=1S/C20H14F3N7O3S/c1-28-11-24-27-19(28)34-16-7-2-12(10-15(16)30(32)33)18(31)26-13-3-5-14(6-4-13)29-17(8-9-25-29)20(21,22)23/h2-11H,1H3,(H,26,31). The second-order valence-electron chi connectivity index (χ2n) is 6.89. The normalized spacial score (nSPS) is 11.4. The van der Waals surface area contributed by atoms with Gasteiger partial charge < -0.3 is 9.88 Å². The van der Waals surface area contributed by atoms with E-state index in [9.17, 15) is 28.1 Å². The number of anilines is 1. The summed E-state index contributed by atoms with van der Waals surface area (Å²) in [6, 6.07) is 10.4. The van der Waals surface area contributed by atoms with Crippen molar-refractivity contribution in [3.05, 3.63) is 82.4 Å². The zero-order valence-electron chi connectivity index (χ0n) is 17.2. The summed E-state index contributed by atoms with van der Waals surface area (Å²) in [5, 5.41) is 25.8. The number of nitrogens with one attached hydrogen (secondary N) is 1. The van der Waals surface area contributed by atoms with Crippen molar-refractivity contribution in [1.82, 2.24) is 24.5 Å². The minimum absolute atomic E-state index is 0.0320. The maximum absolute atomic E-state index is 13.1. The van der Waals surface area contributed by atoms with Crippen LogP contribution >= 0.6 is 11.8 Å². The summed E-state index contributed by atoms with van der Waals surface area (Å²) in [4.78, 5) is 23.9. The number of halogens is 3. The van der Waals surface area contributed by atoms with Gasteiger partial charge in [0.15, 0.2) is 5.16 Å². The molecule has 174 valence electrons. The Morgan fingerprint density at radius 1 is 1.15 bits per heavy atom. The molecular weight excluding hydrogens is 475 g/mol. The van der Waals surface area contributed by atoms with E-state index >= 15 is 0 Å². The van der Waals surface area contributed by atoms with Crippen molar-refractivity contribution in [2.45, 2.75) is 16.2 Å². The minimum Gasteiger partial charge on any atom is -0.322 e. The van der Waals surface area contributed by atoms with E-state index in [1.807, 2.05) is 0 Å². The molecule has 1 N–H and O–H groups in total. The van der Waals surface area contributed by atoms with E-state index in [0.717, 1.165) is 34.8 Å². The molecule has 0 aliphatic heterocycles. The van der Waals surface area contributed by atoms with Crippen molar-refractivity contribution in [3.63, 3.8) is 0 Å². The molecule has 0 aliphatic rings. The summed E-state index contributed by atoms with van der Waals surface area (Å²) in [6.45, 7) is 0. The molecule has 0 saturated heterocycles. The molecule has 2 aromatic carbocycles. The number of alkyl halides is 3. The summed E-state index contributed by atoms with van der Waals surface area (Å²) in [6.07, 6.45) is -2.08. The summed E-state index contributed by atoms with van der Waals surface area (Å²) in [5.74, 6) is -0.624. The van der Waals surface area contributed by atoms with Gasteiger partial charge in [0.25, 0.3) is 11.6 Å². The fourth-order valence-electron chi connectivity index (χ4n) is 2.96. The molecule has 0 fully saturated rings. The maximum Gasteiger partial charge on any atom is 0.433 e. The number of hydrogen-bond donors (Lipinski definition) is 1. The lowest BCUT2D eigenvalue weighted by atomic mass is 10.2. The number of aromatic nitrogens is 5. The number of hydrogen-bond acceptors (Lipinski definition) is 7. The van der Waals surface area contributed by atoms with Crippen LogP contribution in [0.5, 0.6) is 0 Å². The fourth-order valence-corrected chi connectivity index (χ4v) is 3.81. The van der Waals surface area contributed by atoms with E-state index in [-0.39, 0.29) is 27.5 Å². The Hall–Kier alpha value is -4.20. The molecule has 0 unspecified atom stereocenters. The Bertz CT molecular complexity index is 1370. The topological polar surface area (TPSA) is 121 Å². The smallest absolute Gasteiger partial charge is 0.322 e. The number of carbonyl (C=O) groups is 1. The molecule has 2 aromatic heterocycles. The highest BCUT2D eigenvalue weighted by molar-refractivity contribution is 7.99. The van der Waals surface area contributed by atoms with E-state index in [1.165, 1.54) is 42.7 Å². The van der Waals surface area contributed by atoms with E-state index < -0.39 is 22.7 Å². The van der Waals surface area contributed by atoms with Gasteiger partial charge in [0.2, 0.25) is 0 Å². The Morgan fingerprint density at radius 2 is 1.88 bits per heavy atom. The predicted molar refractivity (Wildman–Crippen MR) is 115 cm³/mol. The number of aryl methyl sites for hydroxylation is 1. The van der Waals surface area contributed by atoms with E-state index in [0.29, 0.717) is 5.16 Å². The molecule has 0 radical (unpaired) electrons. The first kappa shape index (κ1) is 23.0. The second-order valence-corrected chi connectivity index (χ2v) is 7.90. The lowest BCUT2D eigenvalue weighted by molar-refractivity contribution is -0.387. The van der Waals surface area contributed by atoms with Crippen LogP contribution in [0.4, 0.5) is 24.5 Å². The SMILES string of the molecule is Cn1cnnc1Sc1ccc(C(=O)Nc2ccc(-n3nccc3C(F)(F)F)cc2)cc1[N+](=O)[O-]. The van der Waals surface area contributed by atoms with Gasteiger partial charge in [-0.15, -0.1) is 10.2 Å². The summed E-state index contributed by atoms with van der Waals surface area (Å²) < 4.78 is 41.6. The molecule has 0 saturated carbocycles. The van der Waals surface area contributed by atoms with Crippen LogP contribution in [0.15, 0.2) is 71.1 Å². The number of nitrogens with zero attached hydrogens (tertiary/aromatic N) is 6. The van der Waals surface area contributed by atoms with Gasteiger partial charge in [-0.25, -0.2) is 4.68 Å². The third-order valence-electron chi connectivity index (χ3n) is 4.59. The third kappa shape index (κ3) is 4.76. The molecular formula is C20H14F3N7O3S. The van der Waals surface area contributed by atoms with Crippen LogP contribution < -0.4 is 5.32 Å². The molecule has 34 heavy (non-hydrogen) atoms. The number of benzene rings is 2. The minimum atomic E-state index is -4.57. The number of amides is 1. The molecule has 0 bridgehead atoms. The number of carbonyl (C=O) groups excluding carboxylic acids is 1. The van der Waals surface area contributed by atoms with Crippen LogP contribution in [-0.4, -0.2) is 35.4 Å². The Balaban J connectivity index is 1.53. The Morgan fingerprint density at radius 3 is 2.50 bits per heavy atom. The van der Waals surface area contributed by atoms with Gasteiger partial charge in [-0.3, -0.25) is 14.9 Å². The molecule has 0 atom stereocenters. The summed E-state index contributed by atoms with van der Waals surface area (Å²) in [7, 11) is 1.69. The van der Waals surface area contributed by atoms with Gasteiger partial charge in [0.05, 0.1) is 21.7 Å². The number of nitro groups is 1. The quantitative estimate of drug-likeness (QED) is 0.316. The van der Waals surface area contributed by atoms with Crippen LogP contribution in [0.3, 0.4) is 0 Å². The highest BCUT2D eigenvalue weighted by Crippen LogP contribution is 2.34. The lowest BCUT2D eigenvalue weighted by Gasteiger charge is -2.11. The van der Waals surface area contributed by atoms with Crippen LogP contribution in [-0.2, 0) is 13.2 Å². The molecule has 1 amide bonds. The van der Waals surface area contributed by atoms with E-state index in [1.54, 1.807) is 11.6 Å². The first-order valence-corrected chi connectivity index (χ1v) is 10.3. The van der Waals surface area contributed by atoms with Crippen molar-refractivity contribution >= 4 is 29.0 Å². The molecule has 0 aliphatic carbocycles. The molecule has 4 rings (SSSR count). The maximum atomic E-state index is 13.1. The largest absolute Gasteiger partial charge is 0.433 e. The van der Waals surface area contributed by atoms with Gasteiger partial charge in [-0.1, -0.05) is 0 Å². The zero-order chi connectivity index (χ0) is 24.5. The van der Waals surface area contributed by atoms with Crippen molar-refractivity contribution < 1.29 is 22.9 Å². The molecule has 4 aromatic rings. The van der Waals surface area contributed by atoms with Crippen molar-refractivity contribution in [1.29, 1.82) is 0 Å². The monoisotopic (exact) mass is 489 g/mol. The van der Waals surface area contributed by atoms with Crippen LogP contribution in [0.1, 0.15) is 16.1 Å². The van der Waals surface area contributed by atoms with Crippen LogP contribution in [0, 0.1) is 10.1 Å². The fraction of sp³-hybridized carbons (Fsp3) is 0.100. The van der Waals surface area contributed by atoms with Gasteiger partial charge in [-0.2, -0.15) is 18.3 Å². The van der Waals surface area contributed by atoms with Gasteiger partial charge in [-0.05, 0) is 54.2 Å². The average molecular weight is 489 g/mol. The Kier molecular flexibility index (Phi) is 6.06. The van der Waals surface area contributed by atoms with Crippen molar-refractivity contribution in [3.8, 4) is 5.69 Å². The van der Waals surface area contributed by atoms with E-state index in [4.69, 9.17) is 0 Å². The van der Waals surface area contributed by atoms with Crippen LogP contribution in [0.2, 0.25) is 0 Å². The summed E-state index contributed by atoms with van der Waals surface area (Å²) in [5.41, 5.74) is -0.750. The van der Waals surface area contributed by atoms with Gasteiger partial charge >= 0.3 is 6.18 Å². The number of nitro benzene ring substituents is 1. The van der Waals surface area contributed by atoms with Gasteiger partial charge in [0.1, 0.15) is 12.0 Å². The summed E-state index contributed by atoms with van der Waals surface area (Å²) >= 11 is 1.03. The number of rotatable bonds is 6. The first-order valence-electron chi connectivity index (χ1n) is 9.47. The molecule has 14 heteroatoms.